The summed E-state index contributed by atoms with van der Waals surface area (Å²) < 4.78 is 27.6. The van der Waals surface area contributed by atoms with Gasteiger partial charge in [0, 0.05) is 23.4 Å². The quantitative estimate of drug-likeness (QED) is 0.768. The normalized spacial score (nSPS) is 20.9. The molecule has 1 heterocycles. The minimum absolute atomic E-state index is 0.313. The predicted molar refractivity (Wildman–Crippen MR) is 81.0 cm³/mol. The molecule has 6 heteroatoms. The lowest BCUT2D eigenvalue weighted by Crippen LogP contribution is -2.29. The molecule has 0 aromatic heterocycles. The van der Waals surface area contributed by atoms with Crippen LogP contribution in [0.25, 0.3) is 0 Å². The Balaban J connectivity index is 2.48. The number of nitrogens with zero attached hydrogens (tertiary/aromatic N) is 1. The molecule has 0 bridgehead atoms. The highest BCUT2D eigenvalue weighted by Crippen LogP contribution is 2.32. The van der Waals surface area contributed by atoms with Crippen molar-refractivity contribution in [2.24, 2.45) is 5.92 Å². The van der Waals surface area contributed by atoms with E-state index in [1.54, 1.807) is 10.4 Å². The van der Waals surface area contributed by atoms with E-state index in [1.165, 1.54) is 0 Å². The monoisotopic (exact) mass is 365 g/mol. The molecule has 2 rings (SSSR count). The van der Waals surface area contributed by atoms with Crippen LogP contribution in [0.1, 0.15) is 24.5 Å². The molecule has 1 saturated heterocycles. The molecule has 1 fully saturated rings. The van der Waals surface area contributed by atoms with Crippen molar-refractivity contribution in [1.82, 2.24) is 4.31 Å². The summed E-state index contributed by atoms with van der Waals surface area (Å²) in [5.74, 6) is 0.735. The summed E-state index contributed by atoms with van der Waals surface area (Å²) in [7, 11) is -3.43. The van der Waals surface area contributed by atoms with Gasteiger partial charge in [0.15, 0.2) is 0 Å². The van der Waals surface area contributed by atoms with Gasteiger partial charge >= 0.3 is 0 Å². The Morgan fingerprint density at radius 3 is 2.68 bits per heavy atom. The first-order valence-electron chi connectivity index (χ1n) is 6.21. The lowest BCUT2D eigenvalue weighted by Gasteiger charge is -2.18. The van der Waals surface area contributed by atoms with Crippen LogP contribution in [0.2, 0.25) is 0 Å². The molecule has 1 aromatic rings. The van der Waals surface area contributed by atoms with Gasteiger partial charge < -0.3 is 0 Å². The molecular formula is C13H17BrClNO2S. The highest BCUT2D eigenvalue weighted by molar-refractivity contribution is 9.10. The molecule has 1 atom stereocenters. The Morgan fingerprint density at radius 2 is 2.16 bits per heavy atom. The van der Waals surface area contributed by atoms with Gasteiger partial charge in [-0.05, 0) is 52.4 Å². The van der Waals surface area contributed by atoms with Crippen molar-refractivity contribution in [1.29, 1.82) is 0 Å². The topological polar surface area (TPSA) is 37.4 Å². The lowest BCUT2D eigenvalue weighted by atomic mass is 10.2. The van der Waals surface area contributed by atoms with E-state index in [2.05, 4.69) is 22.9 Å². The third-order valence-electron chi connectivity index (χ3n) is 3.44. The summed E-state index contributed by atoms with van der Waals surface area (Å²) in [6.45, 7) is 5.15. The Kier molecular flexibility index (Phi) is 4.60. The molecule has 1 aliphatic rings. The molecule has 0 saturated carbocycles. The maximum Gasteiger partial charge on any atom is 0.244 e. The van der Waals surface area contributed by atoms with Crippen LogP contribution >= 0.6 is 27.5 Å². The molecule has 0 aliphatic carbocycles. The summed E-state index contributed by atoms with van der Waals surface area (Å²) >= 11 is 9.23. The van der Waals surface area contributed by atoms with Crippen molar-refractivity contribution in [2.45, 2.75) is 31.0 Å². The largest absolute Gasteiger partial charge is 0.244 e. The second-order valence-electron chi connectivity index (χ2n) is 5.12. The van der Waals surface area contributed by atoms with Gasteiger partial charge in [-0.2, -0.15) is 4.31 Å². The first kappa shape index (κ1) is 15.3. The second-order valence-corrected chi connectivity index (χ2v) is 8.08. The molecule has 0 amide bonds. The van der Waals surface area contributed by atoms with Crippen LogP contribution in [0.4, 0.5) is 0 Å². The fourth-order valence-electron chi connectivity index (χ4n) is 2.33. The number of rotatable bonds is 3. The summed E-state index contributed by atoms with van der Waals surface area (Å²) in [6.07, 6.45) is 0.922. The highest BCUT2D eigenvalue weighted by Gasteiger charge is 2.32. The van der Waals surface area contributed by atoms with E-state index in [9.17, 15) is 8.42 Å². The van der Waals surface area contributed by atoms with Crippen LogP contribution in [0.5, 0.6) is 0 Å². The number of benzene rings is 1. The molecule has 19 heavy (non-hydrogen) atoms. The van der Waals surface area contributed by atoms with Crippen LogP contribution in [0.3, 0.4) is 0 Å². The van der Waals surface area contributed by atoms with Crippen LogP contribution in [-0.2, 0) is 15.9 Å². The van der Waals surface area contributed by atoms with Gasteiger partial charge in [-0.1, -0.05) is 13.0 Å². The third-order valence-corrected chi connectivity index (χ3v) is 6.95. The fraction of sp³-hybridized carbons (Fsp3) is 0.538. The molecule has 1 unspecified atom stereocenters. The van der Waals surface area contributed by atoms with Gasteiger partial charge in [0.05, 0.1) is 4.90 Å². The first-order chi connectivity index (χ1) is 8.86. The van der Waals surface area contributed by atoms with Gasteiger partial charge in [0.25, 0.3) is 0 Å². The van der Waals surface area contributed by atoms with E-state index < -0.39 is 10.0 Å². The molecule has 0 radical (unpaired) electrons. The van der Waals surface area contributed by atoms with Crippen LogP contribution < -0.4 is 0 Å². The van der Waals surface area contributed by atoms with E-state index in [4.69, 9.17) is 11.6 Å². The van der Waals surface area contributed by atoms with Gasteiger partial charge in [-0.3, -0.25) is 0 Å². The van der Waals surface area contributed by atoms with Crippen LogP contribution in [0.15, 0.2) is 21.5 Å². The maximum absolute atomic E-state index is 12.7. The van der Waals surface area contributed by atoms with E-state index in [-0.39, 0.29) is 0 Å². The Hall–Kier alpha value is -0.100. The Labute approximate surface area is 128 Å². The third kappa shape index (κ3) is 2.99. The maximum atomic E-state index is 12.7. The summed E-state index contributed by atoms with van der Waals surface area (Å²) in [5, 5.41) is 0. The van der Waals surface area contributed by atoms with E-state index in [0.29, 0.717) is 34.3 Å². The molecule has 3 nitrogen and oxygen atoms in total. The average Bonchev–Trinajstić information content (AvgIpc) is 2.79. The van der Waals surface area contributed by atoms with Crippen molar-refractivity contribution in [3.8, 4) is 0 Å². The van der Waals surface area contributed by atoms with Crippen molar-refractivity contribution in [2.75, 3.05) is 13.1 Å². The Bertz CT molecular complexity index is 589. The molecule has 1 aromatic carbocycles. The zero-order valence-electron chi connectivity index (χ0n) is 11.0. The van der Waals surface area contributed by atoms with Crippen LogP contribution in [-0.4, -0.2) is 25.8 Å². The van der Waals surface area contributed by atoms with Crippen LogP contribution in [0, 0.1) is 12.8 Å². The van der Waals surface area contributed by atoms with E-state index in [0.717, 1.165) is 17.5 Å². The smallest absolute Gasteiger partial charge is 0.207 e. The lowest BCUT2D eigenvalue weighted by molar-refractivity contribution is 0.464. The number of sulfonamides is 1. The van der Waals surface area contributed by atoms with Crippen molar-refractivity contribution in [3.63, 3.8) is 0 Å². The minimum atomic E-state index is -3.43. The number of halogens is 2. The molecule has 0 spiro atoms. The number of hydrogen-bond donors (Lipinski definition) is 0. The Morgan fingerprint density at radius 1 is 1.47 bits per heavy atom. The van der Waals surface area contributed by atoms with Crippen molar-refractivity contribution < 1.29 is 8.42 Å². The number of aryl methyl sites for hydroxylation is 1. The summed E-state index contributed by atoms with van der Waals surface area (Å²) in [6, 6.07) is 3.57. The number of hydrogen-bond acceptors (Lipinski definition) is 2. The zero-order valence-corrected chi connectivity index (χ0v) is 14.1. The molecular weight excluding hydrogens is 350 g/mol. The molecule has 0 N–H and O–H groups in total. The highest BCUT2D eigenvalue weighted by atomic mass is 79.9. The average molecular weight is 367 g/mol. The fourth-order valence-corrected chi connectivity index (χ4v) is 5.09. The van der Waals surface area contributed by atoms with Crippen molar-refractivity contribution >= 4 is 37.6 Å². The zero-order chi connectivity index (χ0) is 14.2. The number of alkyl halides is 1. The summed E-state index contributed by atoms with van der Waals surface area (Å²) in [4.78, 5) is 0.331. The SMILES string of the molecule is Cc1cc(CCl)cc(S(=O)(=O)N2CCC(C)C2)c1Br. The first-order valence-corrected chi connectivity index (χ1v) is 8.98. The molecule has 1 aliphatic heterocycles. The van der Waals surface area contributed by atoms with E-state index >= 15 is 0 Å². The summed E-state index contributed by atoms with van der Waals surface area (Å²) in [5.41, 5.74) is 1.72. The van der Waals surface area contributed by atoms with Gasteiger partial charge in [0.2, 0.25) is 10.0 Å². The van der Waals surface area contributed by atoms with E-state index in [1.807, 2.05) is 13.0 Å². The molecule has 106 valence electrons. The standard InChI is InChI=1S/C13H17BrClNO2S/c1-9-3-4-16(8-9)19(17,18)12-6-11(7-15)5-10(2)13(12)14/h5-6,9H,3-4,7-8H2,1-2H3. The van der Waals surface area contributed by atoms with Gasteiger partial charge in [-0.25, -0.2) is 8.42 Å². The van der Waals surface area contributed by atoms with Gasteiger partial charge in [0.1, 0.15) is 0 Å². The van der Waals surface area contributed by atoms with Gasteiger partial charge in [-0.15, -0.1) is 11.6 Å². The predicted octanol–water partition coefficient (Wildman–Crippen LogP) is 3.53. The van der Waals surface area contributed by atoms with Crippen molar-refractivity contribution in [3.05, 3.63) is 27.7 Å². The minimum Gasteiger partial charge on any atom is -0.207 e. The second kappa shape index (κ2) is 5.72.